The fourth-order valence-corrected chi connectivity index (χ4v) is 3.06. The van der Waals surface area contributed by atoms with Crippen molar-refractivity contribution in [2.75, 3.05) is 26.7 Å². The summed E-state index contributed by atoms with van der Waals surface area (Å²) in [4.78, 5) is 14.1. The Morgan fingerprint density at radius 2 is 2.05 bits per heavy atom. The van der Waals surface area contributed by atoms with Gasteiger partial charge >= 0.3 is 0 Å². The van der Waals surface area contributed by atoms with Crippen LogP contribution in [-0.2, 0) is 4.79 Å². The minimum absolute atomic E-state index is 0. The Hall–Kier alpha value is -1.24. The van der Waals surface area contributed by atoms with E-state index < -0.39 is 11.6 Å². The molecule has 2 unspecified atom stereocenters. The van der Waals surface area contributed by atoms with Crippen LogP contribution < -0.4 is 10.6 Å². The summed E-state index contributed by atoms with van der Waals surface area (Å²) in [6.45, 7) is 2.24. The van der Waals surface area contributed by atoms with Crippen LogP contribution in [0.4, 0.5) is 8.78 Å². The standard InChI is InChI=1S/C15H19F2N3O.ClH/c1-20-5-4-13(19-15(21)10-7-18-8-10)14(20)9-2-3-11(16)12(17)6-9;/h2-3,6,10,13-14,18H,4-5,7-8H2,1H3,(H,19,21);1H. The maximum absolute atomic E-state index is 13.5. The Kier molecular flexibility index (Phi) is 5.36. The van der Waals surface area contributed by atoms with Crippen molar-refractivity contribution < 1.29 is 13.6 Å². The number of hydrogen-bond donors (Lipinski definition) is 2. The maximum Gasteiger partial charge on any atom is 0.225 e. The van der Waals surface area contributed by atoms with Crippen LogP contribution in [0.3, 0.4) is 0 Å². The number of nitrogens with zero attached hydrogens (tertiary/aromatic N) is 1. The molecule has 1 amide bonds. The lowest BCUT2D eigenvalue weighted by Crippen LogP contribution is -2.53. The zero-order valence-corrected chi connectivity index (χ0v) is 13.1. The van der Waals surface area contributed by atoms with Gasteiger partial charge in [0.2, 0.25) is 5.91 Å². The average molecular weight is 332 g/mol. The molecule has 2 N–H and O–H groups in total. The minimum Gasteiger partial charge on any atom is -0.351 e. The Labute approximate surface area is 134 Å². The lowest BCUT2D eigenvalue weighted by molar-refractivity contribution is -0.127. The van der Waals surface area contributed by atoms with Gasteiger partial charge in [-0.3, -0.25) is 9.69 Å². The SMILES string of the molecule is CN1CCC(NC(=O)C2CNC2)C1c1ccc(F)c(F)c1.Cl. The van der Waals surface area contributed by atoms with E-state index >= 15 is 0 Å². The monoisotopic (exact) mass is 331 g/mol. The first-order valence-corrected chi connectivity index (χ1v) is 7.22. The molecule has 0 aliphatic carbocycles. The van der Waals surface area contributed by atoms with Crippen LogP contribution >= 0.6 is 12.4 Å². The van der Waals surface area contributed by atoms with Gasteiger partial charge in [-0.25, -0.2) is 8.78 Å². The van der Waals surface area contributed by atoms with Gasteiger partial charge < -0.3 is 10.6 Å². The molecule has 2 saturated heterocycles. The molecule has 2 fully saturated rings. The molecule has 1 aromatic rings. The molecule has 7 heteroatoms. The van der Waals surface area contributed by atoms with E-state index in [9.17, 15) is 13.6 Å². The first kappa shape index (κ1) is 17.1. The fourth-order valence-electron chi connectivity index (χ4n) is 3.06. The summed E-state index contributed by atoms with van der Waals surface area (Å²) in [6.07, 6.45) is 0.812. The van der Waals surface area contributed by atoms with Gasteiger partial charge in [0.15, 0.2) is 11.6 Å². The fraction of sp³-hybridized carbons (Fsp3) is 0.533. The van der Waals surface area contributed by atoms with Crippen molar-refractivity contribution in [1.82, 2.24) is 15.5 Å². The molecule has 122 valence electrons. The highest BCUT2D eigenvalue weighted by Gasteiger charge is 2.36. The molecule has 0 saturated carbocycles. The van der Waals surface area contributed by atoms with Gasteiger partial charge in [-0.15, -0.1) is 12.4 Å². The number of halogens is 3. The molecule has 1 aromatic carbocycles. The number of rotatable bonds is 3. The normalized spacial score (nSPS) is 25.4. The van der Waals surface area contributed by atoms with Crippen LogP contribution in [0, 0.1) is 17.6 Å². The highest BCUT2D eigenvalue weighted by atomic mass is 35.5. The van der Waals surface area contributed by atoms with Gasteiger partial charge in [-0.05, 0) is 31.2 Å². The van der Waals surface area contributed by atoms with Gasteiger partial charge in [0, 0.05) is 25.7 Å². The zero-order valence-electron chi connectivity index (χ0n) is 12.3. The third-order valence-corrected chi connectivity index (χ3v) is 4.41. The predicted molar refractivity (Wildman–Crippen MR) is 81.9 cm³/mol. The van der Waals surface area contributed by atoms with Crippen LogP contribution in [0.15, 0.2) is 18.2 Å². The van der Waals surface area contributed by atoms with E-state index in [-0.39, 0.29) is 36.3 Å². The van der Waals surface area contributed by atoms with Crippen molar-refractivity contribution in [3.63, 3.8) is 0 Å². The third kappa shape index (κ3) is 3.24. The second-order valence-corrected chi connectivity index (χ2v) is 5.86. The molecule has 0 spiro atoms. The number of hydrogen-bond acceptors (Lipinski definition) is 3. The Balaban J connectivity index is 0.00000176. The number of likely N-dealkylation sites (tertiary alicyclic amines) is 1. The zero-order chi connectivity index (χ0) is 15.0. The quantitative estimate of drug-likeness (QED) is 0.881. The third-order valence-electron chi connectivity index (χ3n) is 4.41. The number of carbonyl (C=O) groups is 1. The number of amides is 1. The summed E-state index contributed by atoms with van der Waals surface area (Å²) in [6, 6.07) is 3.79. The number of benzene rings is 1. The smallest absolute Gasteiger partial charge is 0.225 e. The Bertz CT molecular complexity index is 554. The first-order valence-electron chi connectivity index (χ1n) is 7.22. The second-order valence-electron chi connectivity index (χ2n) is 5.86. The summed E-state index contributed by atoms with van der Waals surface area (Å²) in [5.74, 6) is -1.62. The molecular formula is C15H20ClF2N3O. The van der Waals surface area contributed by atoms with Gasteiger partial charge in [-0.1, -0.05) is 6.07 Å². The van der Waals surface area contributed by atoms with Crippen LogP contribution in [0.2, 0.25) is 0 Å². The average Bonchev–Trinajstić information content (AvgIpc) is 2.72. The topological polar surface area (TPSA) is 44.4 Å². The highest BCUT2D eigenvalue weighted by Crippen LogP contribution is 2.32. The number of likely N-dealkylation sites (N-methyl/N-ethyl adjacent to an activating group) is 1. The molecule has 4 nitrogen and oxygen atoms in total. The van der Waals surface area contributed by atoms with Crippen molar-refractivity contribution >= 4 is 18.3 Å². The molecule has 2 atom stereocenters. The Morgan fingerprint density at radius 1 is 1.32 bits per heavy atom. The first-order chi connectivity index (χ1) is 10.1. The lowest BCUT2D eigenvalue weighted by atomic mass is 9.97. The lowest BCUT2D eigenvalue weighted by Gasteiger charge is -2.30. The van der Waals surface area contributed by atoms with E-state index in [0.29, 0.717) is 18.7 Å². The van der Waals surface area contributed by atoms with E-state index in [0.717, 1.165) is 19.0 Å². The van der Waals surface area contributed by atoms with Gasteiger partial charge in [0.25, 0.3) is 0 Å². The molecule has 2 heterocycles. The number of nitrogens with one attached hydrogen (secondary N) is 2. The van der Waals surface area contributed by atoms with Crippen LogP contribution in [0.1, 0.15) is 18.0 Å². The molecular weight excluding hydrogens is 312 g/mol. The number of carbonyl (C=O) groups excluding carboxylic acids is 1. The van der Waals surface area contributed by atoms with Crippen molar-refractivity contribution in [2.45, 2.75) is 18.5 Å². The van der Waals surface area contributed by atoms with Crippen molar-refractivity contribution in [2.24, 2.45) is 5.92 Å². The van der Waals surface area contributed by atoms with E-state index in [1.165, 1.54) is 6.07 Å². The summed E-state index contributed by atoms with van der Waals surface area (Å²) < 4.78 is 26.5. The molecule has 2 aliphatic heterocycles. The summed E-state index contributed by atoms with van der Waals surface area (Å²) in [5.41, 5.74) is 0.700. The Morgan fingerprint density at radius 3 is 2.64 bits per heavy atom. The van der Waals surface area contributed by atoms with E-state index in [2.05, 4.69) is 15.5 Å². The molecule has 0 radical (unpaired) electrons. The summed E-state index contributed by atoms with van der Waals surface area (Å²) in [5, 5.41) is 6.13. The highest BCUT2D eigenvalue weighted by molar-refractivity contribution is 5.85. The maximum atomic E-state index is 13.5. The molecule has 0 aromatic heterocycles. The molecule has 2 aliphatic rings. The van der Waals surface area contributed by atoms with E-state index in [1.807, 2.05) is 7.05 Å². The van der Waals surface area contributed by atoms with Gasteiger partial charge in [0.1, 0.15) is 0 Å². The van der Waals surface area contributed by atoms with Crippen molar-refractivity contribution in [1.29, 1.82) is 0 Å². The molecule has 22 heavy (non-hydrogen) atoms. The second kappa shape index (κ2) is 6.89. The summed E-state index contributed by atoms with van der Waals surface area (Å²) in [7, 11) is 1.93. The van der Waals surface area contributed by atoms with Crippen LogP contribution in [0.25, 0.3) is 0 Å². The van der Waals surface area contributed by atoms with Gasteiger partial charge in [-0.2, -0.15) is 0 Å². The predicted octanol–water partition coefficient (Wildman–Crippen LogP) is 1.47. The van der Waals surface area contributed by atoms with Crippen molar-refractivity contribution in [3.8, 4) is 0 Å². The van der Waals surface area contributed by atoms with Gasteiger partial charge in [0.05, 0.1) is 12.0 Å². The molecule has 0 bridgehead atoms. The molecule has 3 rings (SSSR count). The van der Waals surface area contributed by atoms with E-state index in [1.54, 1.807) is 6.07 Å². The van der Waals surface area contributed by atoms with Crippen molar-refractivity contribution in [3.05, 3.63) is 35.4 Å². The largest absolute Gasteiger partial charge is 0.351 e. The van der Waals surface area contributed by atoms with Crippen LogP contribution in [-0.4, -0.2) is 43.5 Å². The van der Waals surface area contributed by atoms with E-state index in [4.69, 9.17) is 0 Å². The van der Waals surface area contributed by atoms with Crippen LogP contribution in [0.5, 0.6) is 0 Å². The minimum atomic E-state index is -0.847. The summed E-state index contributed by atoms with van der Waals surface area (Å²) >= 11 is 0.